The van der Waals surface area contributed by atoms with Gasteiger partial charge in [0.2, 0.25) is 0 Å². The molecule has 0 fully saturated rings. The second kappa shape index (κ2) is 15.9. The van der Waals surface area contributed by atoms with E-state index in [4.69, 9.17) is 21.7 Å². The van der Waals surface area contributed by atoms with Crippen LogP contribution in [0.1, 0.15) is 2.85 Å². The van der Waals surface area contributed by atoms with E-state index < -0.39 is 24.0 Å². The maximum absolute atomic E-state index is 10.3. The van der Waals surface area contributed by atoms with E-state index in [1.165, 1.54) is 21.6 Å². The van der Waals surface area contributed by atoms with Crippen molar-refractivity contribution in [3.8, 4) is 0 Å². The first-order chi connectivity index (χ1) is 6.45. The molecule has 0 aromatic rings. The third-order valence-electron chi connectivity index (χ3n) is 1.21. The minimum absolute atomic E-state index is 0. The maximum atomic E-state index is 10.3. The van der Waals surface area contributed by atoms with Crippen LogP contribution in [0, 0.1) is 0 Å². The van der Waals surface area contributed by atoms with Crippen molar-refractivity contribution >= 4 is 45.9 Å². The topological polar surface area (TPSA) is 127 Å². The smallest absolute Gasteiger partial charge is 1.00 e. The van der Waals surface area contributed by atoms with Crippen molar-refractivity contribution in [2.45, 2.75) is 12.1 Å². The van der Waals surface area contributed by atoms with E-state index >= 15 is 0 Å². The second-order valence-electron chi connectivity index (χ2n) is 2.46. The first-order valence-corrected chi connectivity index (χ1v) is 6.15. The van der Waals surface area contributed by atoms with Crippen molar-refractivity contribution in [2.75, 3.05) is 11.5 Å². The Bertz CT molecular complexity index is 215. The molecule has 6 N–H and O–H groups in total. The molecular formula is C6H15ClN2Na2O4S2. The number of carbonyl (C=O) groups is 2. The first kappa shape index (κ1) is 27.2. The minimum atomic E-state index is -1.07. The predicted octanol–water partition coefficient (Wildman–Crippen LogP) is -6.15. The predicted molar refractivity (Wildman–Crippen MR) is 65.6 cm³/mol. The number of halogens is 1. The molecule has 0 aliphatic rings. The van der Waals surface area contributed by atoms with Crippen molar-refractivity contribution in [3.63, 3.8) is 0 Å². The summed E-state index contributed by atoms with van der Waals surface area (Å²) in [4.78, 5) is 20.5. The molecule has 94 valence electrons. The molecule has 2 atom stereocenters. The van der Waals surface area contributed by atoms with Crippen LogP contribution in [0.2, 0.25) is 0 Å². The molecule has 0 aliphatic heterocycles. The van der Waals surface area contributed by atoms with E-state index in [0.717, 1.165) is 0 Å². The molecule has 0 amide bonds. The van der Waals surface area contributed by atoms with Gasteiger partial charge in [-0.15, -0.1) is 12.4 Å². The molecule has 0 aliphatic carbocycles. The summed E-state index contributed by atoms with van der Waals surface area (Å²) in [6.45, 7) is 0. The third-order valence-corrected chi connectivity index (χ3v) is 3.69. The van der Waals surface area contributed by atoms with Crippen LogP contribution in [0.4, 0.5) is 0 Å². The zero-order chi connectivity index (χ0) is 11.1. The number of carboxylic acids is 2. The summed E-state index contributed by atoms with van der Waals surface area (Å²) in [5.74, 6) is -1.68. The molecule has 17 heavy (non-hydrogen) atoms. The van der Waals surface area contributed by atoms with Crippen LogP contribution in [0.15, 0.2) is 0 Å². The van der Waals surface area contributed by atoms with E-state index in [1.54, 1.807) is 0 Å². The Labute approximate surface area is 161 Å². The van der Waals surface area contributed by atoms with Crippen molar-refractivity contribution in [1.82, 2.24) is 0 Å². The average Bonchev–Trinajstić information content (AvgIpc) is 2.11. The Morgan fingerprint density at radius 2 is 1.24 bits per heavy atom. The Morgan fingerprint density at radius 3 is 1.41 bits per heavy atom. The Kier molecular flexibility index (Phi) is 25.5. The van der Waals surface area contributed by atoms with Crippen molar-refractivity contribution < 1.29 is 81.8 Å². The Balaban J connectivity index is -0.0000000845. The number of hydrogen-bond acceptors (Lipinski definition) is 6. The average molecular weight is 325 g/mol. The van der Waals surface area contributed by atoms with Crippen LogP contribution < -0.4 is 70.6 Å². The normalized spacial score (nSPS) is 12.1. The molecule has 0 saturated carbocycles. The summed E-state index contributed by atoms with van der Waals surface area (Å²) in [7, 11) is 2.41. The summed E-state index contributed by atoms with van der Waals surface area (Å²) in [6.07, 6.45) is 0. The fraction of sp³-hybridized carbons (Fsp3) is 0.667. The van der Waals surface area contributed by atoms with Crippen LogP contribution in [-0.4, -0.2) is 45.7 Å². The van der Waals surface area contributed by atoms with Gasteiger partial charge in [-0.2, -0.15) is 0 Å². The molecule has 6 nitrogen and oxygen atoms in total. The number of carboxylic acid groups (broad SMARTS) is 2. The number of rotatable bonds is 7. The van der Waals surface area contributed by atoms with Gasteiger partial charge in [-0.3, -0.25) is 9.59 Å². The van der Waals surface area contributed by atoms with Crippen molar-refractivity contribution in [1.29, 1.82) is 0 Å². The summed E-state index contributed by atoms with van der Waals surface area (Å²) < 4.78 is 0. The Morgan fingerprint density at radius 1 is 1.00 bits per heavy atom. The van der Waals surface area contributed by atoms with Gasteiger partial charge in [0.05, 0.1) is 0 Å². The molecule has 0 aromatic carbocycles. The molecule has 11 heteroatoms. The van der Waals surface area contributed by atoms with Crippen molar-refractivity contribution in [2.24, 2.45) is 11.5 Å². The van der Waals surface area contributed by atoms with Gasteiger partial charge in [0.1, 0.15) is 12.1 Å². The summed E-state index contributed by atoms with van der Waals surface area (Å²) in [5.41, 5.74) is 10.4. The zero-order valence-electron chi connectivity index (χ0n) is 11.7. The van der Waals surface area contributed by atoms with E-state index in [-0.39, 0.29) is 85.9 Å². The molecule has 0 unspecified atom stereocenters. The molecule has 0 bridgehead atoms. The number of nitrogens with two attached hydrogens (primary N) is 2. The monoisotopic (exact) mass is 324 g/mol. The standard InChI is InChI=1S/C6H12N2O4S2.ClH.2Na.2H/c7-3(5(9)10)1-13-14-2-4(8)6(11)12;;;;;/h3-4H,1-2,7-8H2,(H,9,10)(H,11,12);1H;;;;/q;;2*+1;2*-1/t3-,4-;;;;;/m0...../s1. The van der Waals surface area contributed by atoms with E-state index in [1.807, 2.05) is 0 Å². The second-order valence-corrected chi connectivity index (χ2v) is 5.01. The van der Waals surface area contributed by atoms with Crippen LogP contribution >= 0.6 is 34.0 Å². The number of aliphatic carboxylic acids is 2. The van der Waals surface area contributed by atoms with E-state index in [0.29, 0.717) is 0 Å². The van der Waals surface area contributed by atoms with Gasteiger partial charge in [-0.25, -0.2) is 0 Å². The van der Waals surface area contributed by atoms with Crippen LogP contribution in [0.25, 0.3) is 0 Å². The van der Waals surface area contributed by atoms with Crippen LogP contribution in [0.5, 0.6) is 0 Å². The quantitative estimate of drug-likeness (QED) is 0.207. The van der Waals surface area contributed by atoms with E-state index in [9.17, 15) is 9.59 Å². The van der Waals surface area contributed by atoms with Crippen molar-refractivity contribution in [3.05, 3.63) is 0 Å². The van der Waals surface area contributed by atoms with Gasteiger partial charge in [-0.1, -0.05) is 21.6 Å². The SMILES string of the molecule is Cl.N[C@@H](CSSC[C@H](N)C(=O)O)C(=O)O.[H-].[H-].[Na+].[Na+]. The minimum Gasteiger partial charge on any atom is -1.00 e. The molecular weight excluding hydrogens is 310 g/mol. The van der Waals surface area contributed by atoms with Gasteiger partial charge in [-0.05, 0) is 0 Å². The molecule has 0 saturated heterocycles. The fourth-order valence-electron chi connectivity index (χ4n) is 0.385. The molecule has 0 spiro atoms. The number of hydrogen-bond donors (Lipinski definition) is 4. The van der Waals surface area contributed by atoms with Gasteiger partial charge in [0.25, 0.3) is 0 Å². The fourth-order valence-corrected chi connectivity index (χ4v) is 2.61. The summed E-state index contributed by atoms with van der Waals surface area (Å²) >= 11 is 0. The van der Waals surface area contributed by atoms with Crippen LogP contribution in [0.3, 0.4) is 0 Å². The molecule has 0 heterocycles. The first-order valence-electron chi connectivity index (χ1n) is 3.66. The maximum Gasteiger partial charge on any atom is 1.00 e. The van der Waals surface area contributed by atoms with Gasteiger partial charge in [0.15, 0.2) is 0 Å². The molecule has 0 rings (SSSR count). The largest absolute Gasteiger partial charge is 1.00 e. The summed E-state index contributed by atoms with van der Waals surface area (Å²) in [5, 5.41) is 16.8. The van der Waals surface area contributed by atoms with Crippen LogP contribution in [-0.2, 0) is 9.59 Å². The van der Waals surface area contributed by atoms with Gasteiger partial charge in [0, 0.05) is 11.5 Å². The molecule has 0 radical (unpaired) electrons. The summed E-state index contributed by atoms with van der Waals surface area (Å²) in [6, 6.07) is -1.85. The molecule has 0 aromatic heterocycles. The van der Waals surface area contributed by atoms with E-state index in [2.05, 4.69) is 0 Å². The zero-order valence-corrected chi connectivity index (χ0v) is 16.1. The Hall–Kier alpha value is 1.85. The third kappa shape index (κ3) is 15.8. The van der Waals surface area contributed by atoms with Gasteiger partial charge >= 0.3 is 71.1 Å². The van der Waals surface area contributed by atoms with Gasteiger partial charge < -0.3 is 24.5 Å².